The second kappa shape index (κ2) is 6.65. The first kappa shape index (κ1) is 17.8. The fraction of sp³-hybridized carbons (Fsp3) is 0.261. The molecule has 5 rings (SSSR count). The molecule has 5 nitrogen and oxygen atoms in total. The van der Waals surface area contributed by atoms with Crippen molar-refractivity contribution < 1.29 is 18.3 Å². The first-order valence-electron chi connectivity index (χ1n) is 9.69. The van der Waals surface area contributed by atoms with Crippen molar-refractivity contribution in [2.75, 3.05) is 0 Å². The topological polar surface area (TPSA) is 67.3 Å². The van der Waals surface area contributed by atoms with Gasteiger partial charge in [-0.3, -0.25) is 4.79 Å². The number of hydrogen-bond acceptors (Lipinski definition) is 3. The summed E-state index contributed by atoms with van der Waals surface area (Å²) in [6, 6.07) is 12.6. The molecule has 0 saturated heterocycles. The summed E-state index contributed by atoms with van der Waals surface area (Å²) < 4.78 is 25.6. The van der Waals surface area contributed by atoms with Crippen LogP contribution in [0.5, 0.6) is 5.75 Å². The monoisotopic (exact) mass is 392 g/mol. The fourth-order valence-electron chi connectivity index (χ4n) is 3.45. The van der Waals surface area contributed by atoms with Crippen LogP contribution >= 0.6 is 0 Å². The number of carbonyl (C=O) groups excluding carboxylic acids is 1. The average Bonchev–Trinajstić information content (AvgIpc) is 3.13. The largest absolute Gasteiger partial charge is 0.486 e. The number of aromatic nitrogens is 1. The molecule has 1 aliphatic carbocycles. The van der Waals surface area contributed by atoms with Crippen LogP contribution in [-0.2, 0) is 17.9 Å². The van der Waals surface area contributed by atoms with E-state index in [2.05, 4.69) is 10.3 Å². The Morgan fingerprint density at radius 2 is 2.07 bits per heavy atom. The van der Waals surface area contributed by atoms with Crippen LogP contribution in [-0.4, -0.2) is 10.9 Å². The third kappa shape index (κ3) is 3.46. The summed E-state index contributed by atoms with van der Waals surface area (Å²) in [4.78, 5) is 15.3. The molecule has 2 heterocycles. The SMILES string of the molecule is CC1(C(=O)NCc2cc3cc(F)c(OCc4ccc5ccoc5c4)cc3[nH]2)CC1. The third-order valence-electron chi connectivity index (χ3n) is 5.63. The van der Waals surface area contributed by atoms with E-state index in [0.29, 0.717) is 6.54 Å². The van der Waals surface area contributed by atoms with Crippen LogP contribution in [0.4, 0.5) is 4.39 Å². The van der Waals surface area contributed by atoms with Crippen molar-refractivity contribution >= 4 is 27.8 Å². The number of rotatable bonds is 6. The predicted octanol–water partition coefficient (Wildman–Crippen LogP) is 5.05. The van der Waals surface area contributed by atoms with Crippen LogP contribution in [0.2, 0.25) is 0 Å². The van der Waals surface area contributed by atoms with Crippen molar-refractivity contribution in [3.8, 4) is 5.75 Å². The number of hydrogen-bond donors (Lipinski definition) is 2. The van der Waals surface area contributed by atoms with Crippen molar-refractivity contribution in [2.24, 2.45) is 5.41 Å². The number of nitrogens with one attached hydrogen (secondary N) is 2. The van der Waals surface area contributed by atoms with E-state index in [-0.39, 0.29) is 23.7 Å². The van der Waals surface area contributed by atoms with Gasteiger partial charge in [0.15, 0.2) is 11.6 Å². The van der Waals surface area contributed by atoms with Gasteiger partial charge in [-0.2, -0.15) is 0 Å². The maximum atomic E-state index is 14.5. The molecule has 2 aromatic heterocycles. The van der Waals surface area contributed by atoms with Crippen LogP contribution in [0, 0.1) is 11.2 Å². The summed E-state index contributed by atoms with van der Waals surface area (Å²) in [6.07, 6.45) is 3.51. The molecular formula is C23H21FN2O3. The number of carbonyl (C=O) groups is 1. The second-order valence-electron chi connectivity index (χ2n) is 7.99. The summed E-state index contributed by atoms with van der Waals surface area (Å²) in [5.74, 6) is -0.170. The Hall–Kier alpha value is -3.28. The van der Waals surface area contributed by atoms with E-state index in [4.69, 9.17) is 9.15 Å². The van der Waals surface area contributed by atoms with E-state index in [9.17, 15) is 9.18 Å². The van der Waals surface area contributed by atoms with Gasteiger partial charge in [-0.15, -0.1) is 0 Å². The van der Waals surface area contributed by atoms with Gasteiger partial charge < -0.3 is 19.5 Å². The van der Waals surface area contributed by atoms with Crippen molar-refractivity contribution in [1.29, 1.82) is 0 Å². The van der Waals surface area contributed by atoms with Gasteiger partial charge >= 0.3 is 0 Å². The van der Waals surface area contributed by atoms with E-state index >= 15 is 0 Å². The molecule has 0 unspecified atom stereocenters. The molecule has 0 aliphatic heterocycles. The molecule has 0 spiro atoms. The standard InChI is InChI=1S/C23H21FN2O3/c1-23(5-6-23)22(27)25-12-17-9-16-10-18(24)21(11-19(16)26-17)29-13-14-2-3-15-4-7-28-20(15)8-14/h2-4,7-11,26H,5-6,12-13H2,1H3,(H,25,27). The molecule has 2 aromatic carbocycles. The number of furan rings is 1. The highest BCUT2D eigenvalue weighted by Gasteiger charge is 2.44. The molecule has 1 saturated carbocycles. The molecular weight excluding hydrogens is 371 g/mol. The van der Waals surface area contributed by atoms with Crippen molar-refractivity contribution in [3.63, 3.8) is 0 Å². The zero-order chi connectivity index (χ0) is 20.0. The highest BCUT2D eigenvalue weighted by atomic mass is 19.1. The Balaban J connectivity index is 1.30. The minimum absolute atomic E-state index is 0.0693. The summed E-state index contributed by atoms with van der Waals surface area (Å²) in [7, 11) is 0. The quantitative estimate of drug-likeness (QED) is 0.483. The minimum atomic E-state index is -0.420. The van der Waals surface area contributed by atoms with E-state index in [1.54, 1.807) is 12.3 Å². The summed E-state index contributed by atoms with van der Waals surface area (Å²) in [5, 5.41) is 4.71. The molecule has 2 N–H and O–H groups in total. The van der Waals surface area contributed by atoms with Gasteiger partial charge in [-0.05, 0) is 42.7 Å². The number of benzene rings is 2. The van der Waals surface area contributed by atoms with Gasteiger partial charge in [0.2, 0.25) is 5.91 Å². The van der Waals surface area contributed by atoms with Crippen LogP contribution in [0.3, 0.4) is 0 Å². The van der Waals surface area contributed by atoms with Gasteiger partial charge in [0.05, 0.1) is 12.8 Å². The highest BCUT2D eigenvalue weighted by molar-refractivity contribution is 5.85. The molecule has 0 radical (unpaired) electrons. The lowest BCUT2D eigenvalue weighted by molar-refractivity contribution is -0.125. The normalized spacial score (nSPS) is 15.0. The maximum absolute atomic E-state index is 14.5. The zero-order valence-corrected chi connectivity index (χ0v) is 16.0. The number of ether oxygens (including phenoxy) is 1. The second-order valence-corrected chi connectivity index (χ2v) is 7.99. The zero-order valence-electron chi connectivity index (χ0n) is 16.0. The average molecular weight is 392 g/mol. The Morgan fingerprint density at radius 1 is 1.21 bits per heavy atom. The van der Waals surface area contributed by atoms with Crippen molar-refractivity contribution in [1.82, 2.24) is 10.3 Å². The first-order chi connectivity index (χ1) is 14.0. The van der Waals surface area contributed by atoms with Crippen LogP contribution < -0.4 is 10.1 Å². The van der Waals surface area contributed by atoms with Crippen LogP contribution in [0.1, 0.15) is 31.0 Å². The van der Waals surface area contributed by atoms with Gasteiger partial charge in [-0.25, -0.2) is 4.39 Å². The molecule has 6 heteroatoms. The van der Waals surface area contributed by atoms with E-state index < -0.39 is 5.82 Å². The Labute approximate surface area is 166 Å². The predicted molar refractivity (Wildman–Crippen MR) is 108 cm³/mol. The number of fused-ring (bicyclic) bond motifs is 2. The Morgan fingerprint density at radius 3 is 2.90 bits per heavy atom. The van der Waals surface area contributed by atoms with Gasteiger partial charge in [0.25, 0.3) is 0 Å². The van der Waals surface area contributed by atoms with Gasteiger partial charge in [0, 0.05) is 33.5 Å². The molecule has 4 aromatic rings. The molecule has 0 bridgehead atoms. The molecule has 1 amide bonds. The number of halogens is 1. The maximum Gasteiger partial charge on any atom is 0.226 e. The smallest absolute Gasteiger partial charge is 0.226 e. The summed E-state index contributed by atoms with van der Waals surface area (Å²) >= 11 is 0. The highest BCUT2D eigenvalue weighted by Crippen LogP contribution is 2.45. The van der Waals surface area contributed by atoms with E-state index in [1.807, 2.05) is 37.3 Å². The molecule has 148 valence electrons. The van der Waals surface area contributed by atoms with Crippen LogP contribution in [0.25, 0.3) is 21.9 Å². The molecule has 0 atom stereocenters. The van der Waals surface area contributed by atoms with Crippen LogP contribution in [0.15, 0.2) is 53.1 Å². The summed E-state index contributed by atoms with van der Waals surface area (Å²) in [6.45, 7) is 2.60. The van der Waals surface area contributed by atoms with E-state index in [1.165, 1.54) is 6.07 Å². The summed E-state index contributed by atoms with van der Waals surface area (Å²) in [5.41, 5.74) is 3.06. The minimum Gasteiger partial charge on any atom is -0.486 e. The lowest BCUT2D eigenvalue weighted by Crippen LogP contribution is -2.29. The number of aromatic amines is 1. The first-order valence-corrected chi connectivity index (χ1v) is 9.69. The molecule has 29 heavy (non-hydrogen) atoms. The lowest BCUT2D eigenvalue weighted by atomic mass is 10.1. The Kier molecular flexibility index (Phi) is 4.08. The fourth-order valence-corrected chi connectivity index (χ4v) is 3.45. The molecule has 1 fully saturated rings. The third-order valence-corrected chi connectivity index (χ3v) is 5.63. The lowest BCUT2D eigenvalue weighted by Gasteiger charge is -2.08. The van der Waals surface area contributed by atoms with Gasteiger partial charge in [0.1, 0.15) is 12.2 Å². The van der Waals surface area contributed by atoms with E-state index in [0.717, 1.165) is 46.0 Å². The van der Waals surface area contributed by atoms with Crippen molar-refractivity contribution in [3.05, 3.63) is 65.8 Å². The van der Waals surface area contributed by atoms with Gasteiger partial charge in [-0.1, -0.05) is 19.1 Å². The Bertz CT molecular complexity index is 1220. The van der Waals surface area contributed by atoms with Crippen molar-refractivity contribution in [2.45, 2.75) is 32.9 Å². The number of H-pyrrole nitrogens is 1. The molecule has 1 aliphatic rings. The number of amides is 1.